The zero-order chi connectivity index (χ0) is 30.3. The average molecular weight is 594 g/mol. The summed E-state index contributed by atoms with van der Waals surface area (Å²) in [4.78, 5) is 29.3. The summed E-state index contributed by atoms with van der Waals surface area (Å²) in [6, 6.07) is 8.60. The quantitative estimate of drug-likeness (QED) is 0.263. The first-order valence-electron chi connectivity index (χ1n) is 12.0. The van der Waals surface area contributed by atoms with E-state index < -0.39 is 47.1 Å². The van der Waals surface area contributed by atoms with Gasteiger partial charge in [0.25, 0.3) is 5.91 Å². The highest BCUT2D eigenvalue weighted by Crippen LogP contribution is 2.44. The number of halogens is 5. The second-order valence-corrected chi connectivity index (χ2v) is 10.1. The lowest BCUT2D eigenvalue weighted by atomic mass is 9.81. The molecule has 0 aliphatic rings. The van der Waals surface area contributed by atoms with Gasteiger partial charge >= 0.3 is 6.18 Å². The second-order valence-electron chi connectivity index (χ2n) is 9.68. The summed E-state index contributed by atoms with van der Waals surface area (Å²) in [7, 11) is 1.21. The largest absolute Gasteiger partial charge is 0.494 e. The fraction of sp³-hybridized carbons (Fsp3) is 0.259. The van der Waals surface area contributed by atoms with E-state index in [2.05, 4.69) is 15.4 Å². The van der Waals surface area contributed by atoms with E-state index in [0.29, 0.717) is 5.52 Å². The number of carbonyl (C=O) groups excluding carboxylic acids is 2. The summed E-state index contributed by atoms with van der Waals surface area (Å²) in [6.07, 6.45) is -2.75. The molecule has 0 aliphatic heterocycles. The topological polar surface area (TPSA) is 132 Å². The molecule has 2 amide bonds. The maximum absolute atomic E-state index is 14.6. The van der Waals surface area contributed by atoms with Gasteiger partial charge in [0.1, 0.15) is 17.3 Å². The van der Waals surface area contributed by atoms with Crippen molar-refractivity contribution in [2.75, 3.05) is 13.7 Å². The number of aliphatic hydroxyl groups is 1. The molecule has 3 heterocycles. The number of ether oxygens (including phenoxy) is 1. The number of aromatic nitrogens is 3. The van der Waals surface area contributed by atoms with Gasteiger partial charge in [-0.15, -0.1) is 0 Å². The molecule has 0 saturated carbocycles. The van der Waals surface area contributed by atoms with Crippen LogP contribution in [0.15, 0.2) is 54.9 Å². The first-order valence-corrected chi connectivity index (χ1v) is 12.3. The maximum atomic E-state index is 14.6. The summed E-state index contributed by atoms with van der Waals surface area (Å²) < 4.78 is 64.2. The van der Waals surface area contributed by atoms with Gasteiger partial charge in [-0.05, 0) is 56.3 Å². The standard InChI is InChI=1S/C27H24ClF4N5O4/c1-25(2,24(33)39)17-11-19(36-21(22(17)41-3)14-6-8-15(29)9-7-14)26(40,27(30,31)32)13-34-23(38)16-12-35-37-10-4-5-18(37)20(16)28/h4-12,40H,13H2,1-3H3,(H2,33,39)(H,34,38). The SMILES string of the molecule is COc1c(C(C)(C)C(N)=O)cc(C(O)(CNC(=O)c2cnn3cccc3c2Cl)C(F)(F)F)nc1-c1ccc(F)cc1. The van der Waals surface area contributed by atoms with Gasteiger partial charge in [0, 0.05) is 17.3 Å². The minimum Gasteiger partial charge on any atom is -0.494 e. The van der Waals surface area contributed by atoms with Crippen molar-refractivity contribution in [1.29, 1.82) is 0 Å². The molecule has 3 aromatic heterocycles. The molecule has 0 radical (unpaired) electrons. The summed E-state index contributed by atoms with van der Waals surface area (Å²) in [5.41, 5.74) is -0.917. The third kappa shape index (κ3) is 5.30. The number of methoxy groups -OCH3 is 1. The minimum absolute atomic E-state index is 0.0651. The third-order valence-electron chi connectivity index (χ3n) is 6.73. The number of benzene rings is 1. The van der Waals surface area contributed by atoms with Crippen LogP contribution in [0.25, 0.3) is 16.8 Å². The van der Waals surface area contributed by atoms with Gasteiger partial charge in [0.15, 0.2) is 0 Å². The Morgan fingerprint density at radius 3 is 2.41 bits per heavy atom. The molecule has 0 fully saturated rings. The molecule has 0 bridgehead atoms. The van der Waals surface area contributed by atoms with Gasteiger partial charge in [-0.25, -0.2) is 13.9 Å². The Labute approximate surface area is 235 Å². The Hall–Kier alpha value is -4.23. The van der Waals surface area contributed by atoms with E-state index in [-0.39, 0.29) is 33.2 Å². The molecule has 0 spiro atoms. The molecule has 4 aromatic rings. The summed E-state index contributed by atoms with van der Waals surface area (Å²) in [5.74, 6) is -2.69. The van der Waals surface area contributed by atoms with Gasteiger partial charge in [-0.1, -0.05) is 11.6 Å². The molecule has 0 aliphatic carbocycles. The molecular formula is C27H24ClF4N5O4. The monoisotopic (exact) mass is 593 g/mol. The van der Waals surface area contributed by atoms with Crippen LogP contribution in [0.5, 0.6) is 5.75 Å². The van der Waals surface area contributed by atoms with Crippen LogP contribution in [0.4, 0.5) is 17.6 Å². The van der Waals surface area contributed by atoms with Gasteiger partial charge in [0.2, 0.25) is 11.5 Å². The van der Waals surface area contributed by atoms with Crippen molar-refractivity contribution in [3.8, 4) is 17.0 Å². The number of pyridine rings is 1. The van der Waals surface area contributed by atoms with Gasteiger partial charge in [0.05, 0.1) is 47.1 Å². The number of alkyl halides is 3. The van der Waals surface area contributed by atoms with Crippen molar-refractivity contribution < 1.29 is 37.0 Å². The van der Waals surface area contributed by atoms with Crippen LogP contribution in [0.3, 0.4) is 0 Å². The zero-order valence-electron chi connectivity index (χ0n) is 21.9. The van der Waals surface area contributed by atoms with E-state index in [4.69, 9.17) is 22.1 Å². The van der Waals surface area contributed by atoms with Crippen molar-refractivity contribution in [3.63, 3.8) is 0 Å². The van der Waals surface area contributed by atoms with Crippen LogP contribution in [0.2, 0.25) is 5.02 Å². The molecule has 0 saturated heterocycles. The summed E-state index contributed by atoms with van der Waals surface area (Å²) >= 11 is 6.27. The molecule has 4 rings (SSSR count). The lowest BCUT2D eigenvalue weighted by molar-refractivity contribution is -0.265. The average Bonchev–Trinajstić information content (AvgIpc) is 3.40. The lowest BCUT2D eigenvalue weighted by Crippen LogP contribution is -2.52. The van der Waals surface area contributed by atoms with E-state index in [1.54, 1.807) is 18.3 Å². The molecule has 1 unspecified atom stereocenters. The van der Waals surface area contributed by atoms with Crippen molar-refractivity contribution in [2.45, 2.75) is 31.0 Å². The normalized spacial score (nSPS) is 13.6. The molecular weight excluding hydrogens is 570 g/mol. The molecule has 1 aromatic carbocycles. The first-order chi connectivity index (χ1) is 19.1. The first kappa shape index (κ1) is 29.7. The number of hydrogen-bond acceptors (Lipinski definition) is 6. The second kappa shape index (κ2) is 10.6. The highest BCUT2D eigenvalue weighted by Gasteiger charge is 2.57. The molecule has 1 atom stereocenters. The van der Waals surface area contributed by atoms with Gasteiger partial charge in [-0.3, -0.25) is 9.59 Å². The molecule has 216 valence electrons. The van der Waals surface area contributed by atoms with Crippen molar-refractivity contribution >= 4 is 28.9 Å². The fourth-order valence-corrected chi connectivity index (χ4v) is 4.40. The van der Waals surface area contributed by atoms with Crippen molar-refractivity contribution in [2.24, 2.45) is 5.73 Å². The minimum atomic E-state index is -5.39. The molecule has 9 nitrogen and oxygen atoms in total. The van der Waals surface area contributed by atoms with Crippen LogP contribution in [0, 0.1) is 5.82 Å². The number of hydrogen-bond donors (Lipinski definition) is 3. The smallest absolute Gasteiger partial charge is 0.424 e. The van der Waals surface area contributed by atoms with E-state index in [0.717, 1.165) is 24.4 Å². The fourth-order valence-electron chi connectivity index (χ4n) is 4.11. The molecule has 14 heteroatoms. The number of amides is 2. The number of carbonyl (C=O) groups is 2. The van der Waals surface area contributed by atoms with Crippen molar-refractivity contribution in [1.82, 2.24) is 19.9 Å². The molecule has 41 heavy (non-hydrogen) atoms. The van der Waals surface area contributed by atoms with Gasteiger partial charge < -0.3 is 20.9 Å². The van der Waals surface area contributed by atoms with E-state index in [1.807, 2.05) is 0 Å². The summed E-state index contributed by atoms with van der Waals surface area (Å²) in [5, 5.41) is 17.1. The Morgan fingerprint density at radius 1 is 1.17 bits per heavy atom. The lowest BCUT2D eigenvalue weighted by Gasteiger charge is -2.33. The number of nitrogens with zero attached hydrogens (tertiary/aromatic N) is 3. The predicted molar refractivity (Wildman–Crippen MR) is 141 cm³/mol. The maximum Gasteiger partial charge on any atom is 0.424 e. The highest BCUT2D eigenvalue weighted by molar-refractivity contribution is 6.36. The Kier molecular flexibility index (Phi) is 7.71. The van der Waals surface area contributed by atoms with E-state index in [9.17, 15) is 32.3 Å². The van der Waals surface area contributed by atoms with Crippen LogP contribution in [0.1, 0.15) is 35.5 Å². The number of fused-ring (bicyclic) bond motifs is 1. The highest BCUT2D eigenvalue weighted by atomic mass is 35.5. The van der Waals surface area contributed by atoms with Gasteiger partial charge in [-0.2, -0.15) is 18.3 Å². The number of nitrogens with two attached hydrogens (primary N) is 1. The number of nitrogens with one attached hydrogen (secondary N) is 1. The number of rotatable bonds is 8. The third-order valence-corrected chi connectivity index (χ3v) is 7.12. The van der Waals surface area contributed by atoms with Crippen molar-refractivity contribution in [3.05, 3.63) is 82.5 Å². The Morgan fingerprint density at radius 2 is 1.83 bits per heavy atom. The Bertz CT molecular complexity index is 1640. The zero-order valence-corrected chi connectivity index (χ0v) is 22.6. The van der Waals surface area contributed by atoms with Crippen LogP contribution >= 0.6 is 11.6 Å². The van der Waals surface area contributed by atoms with Crippen LogP contribution in [-0.2, 0) is 15.8 Å². The summed E-state index contributed by atoms with van der Waals surface area (Å²) in [6.45, 7) is 1.32. The predicted octanol–water partition coefficient (Wildman–Crippen LogP) is 4.14. The van der Waals surface area contributed by atoms with E-state index in [1.165, 1.54) is 37.6 Å². The number of primary amides is 1. The Balaban J connectivity index is 1.86. The van der Waals surface area contributed by atoms with E-state index >= 15 is 0 Å². The van der Waals surface area contributed by atoms with Crippen LogP contribution in [-0.4, -0.2) is 51.3 Å². The van der Waals surface area contributed by atoms with Crippen LogP contribution < -0.4 is 15.8 Å². The molecule has 4 N–H and O–H groups in total.